The van der Waals surface area contributed by atoms with Gasteiger partial charge in [-0.3, -0.25) is 0 Å². The van der Waals surface area contributed by atoms with Gasteiger partial charge in [-0.25, -0.2) is 13.2 Å². The monoisotopic (exact) mass is 516 g/mol. The summed E-state index contributed by atoms with van der Waals surface area (Å²) in [5, 5.41) is 0. The van der Waals surface area contributed by atoms with Crippen LogP contribution in [-0.2, 0) is 28.8 Å². The lowest BCUT2D eigenvalue weighted by molar-refractivity contribution is -0.185. The van der Waals surface area contributed by atoms with E-state index >= 15 is 0 Å². The molecule has 1 aliphatic heterocycles. The summed E-state index contributed by atoms with van der Waals surface area (Å²) in [5.74, 6) is -0.739. The van der Waals surface area contributed by atoms with Gasteiger partial charge in [0.05, 0.1) is 30.5 Å². The Morgan fingerprint density at radius 2 is 1.78 bits per heavy atom. The van der Waals surface area contributed by atoms with Crippen LogP contribution in [0.25, 0.3) is 0 Å². The molecule has 3 rings (SSSR count). The number of carbonyl (C=O) groups is 1. The number of rotatable bonds is 11. The Hall–Kier alpha value is -2.22. The fraction of sp³-hybridized carbons (Fsp3) is 0.552. The maximum Gasteiger partial charge on any atom is 0.333 e. The van der Waals surface area contributed by atoms with Crippen LogP contribution >= 0.6 is 0 Å². The summed E-state index contributed by atoms with van der Waals surface area (Å²) in [6, 6.07) is 8.55. The quantitative estimate of drug-likeness (QED) is 0.215. The summed E-state index contributed by atoms with van der Waals surface area (Å²) in [4.78, 5) is 12.5. The molecule has 7 heteroatoms. The molecule has 0 saturated carbocycles. The van der Waals surface area contributed by atoms with E-state index in [0.29, 0.717) is 36.7 Å². The van der Waals surface area contributed by atoms with E-state index in [4.69, 9.17) is 14.2 Å². The summed E-state index contributed by atoms with van der Waals surface area (Å²) in [6.45, 7) is 11.3. The molecule has 0 amide bonds. The maximum atomic E-state index is 12.7. The fourth-order valence-corrected chi connectivity index (χ4v) is 6.41. The first-order valence-corrected chi connectivity index (χ1v) is 14.4. The molecule has 6 nitrogen and oxygen atoms in total. The van der Waals surface area contributed by atoms with Gasteiger partial charge in [0.1, 0.15) is 0 Å². The number of allylic oxidation sites excluding steroid dienone is 3. The van der Waals surface area contributed by atoms with Crippen molar-refractivity contribution in [2.24, 2.45) is 17.3 Å². The largest absolute Gasteiger partial charge is 0.463 e. The molecule has 0 spiro atoms. The number of carbonyl (C=O) groups excluding carboxylic acids is 1. The fourth-order valence-electron chi connectivity index (χ4n) is 5.15. The molecular formula is C29H40O6S. The van der Waals surface area contributed by atoms with Crippen LogP contribution < -0.4 is 0 Å². The number of benzene rings is 1. The Bertz CT molecular complexity index is 1100. The summed E-state index contributed by atoms with van der Waals surface area (Å²) in [5.41, 5.74) is 1.45. The molecule has 1 heterocycles. The SMILES string of the molecule is CCOC(=O)/C(C)=C/C[C@]1(C)C=C[C@H](C2(C)OCCO2)[C@H]1CC/C(C)=C/CS(=O)(=O)c1ccccc1. The van der Waals surface area contributed by atoms with Crippen LogP contribution in [-0.4, -0.2) is 45.7 Å². The van der Waals surface area contributed by atoms with Gasteiger partial charge in [0.25, 0.3) is 0 Å². The highest BCUT2D eigenvalue weighted by molar-refractivity contribution is 7.91. The second-order valence-electron chi connectivity index (χ2n) is 10.2. The summed E-state index contributed by atoms with van der Waals surface area (Å²) >= 11 is 0. The van der Waals surface area contributed by atoms with Gasteiger partial charge in [0.2, 0.25) is 0 Å². The van der Waals surface area contributed by atoms with E-state index in [1.807, 2.05) is 32.1 Å². The highest BCUT2D eigenvalue weighted by Crippen LogP contribution is 2.52. The van der Waals surface area contributed by atoms with Crippen molar-refractivity contribution in [3.05, 3.63) is 65.8 Å². The lowest BCUT2D eigenvalue weighted by Gasteiger charge is -2.39. The van der Waals surface area contributed by atoms with Gasteiger partial charge in [-0.1, -0.05) is 55.0 Å². The Morgan fingerprint density at radius 1 is 1.11 bits per heavy atom. The number of esters is 1. The first-order valence-electron chi connectivity index (χ1n) is 12.8. The third-order valence-corrected chi connectivity index (χ3v) is 9.08. The summed E-state index contributed by atoms with van der Waals surface area (Å²) in [7, 11) is -3.36. The zero-order chi connectivity index (χ0) is 26.4. The highest BCUT2D eigenvalue weighted by atomic mass is 32.2. The minimum absolute atomic E-state index is 0.0160. The standard InChI is InChI=1S/C29H40O6S/c1-6-33-27(30)23(3)14-17-28(4)18-15-26(29(5)34-19-20-35-29)25(28)13-12-22(2)16-21-36(31,32)24-10-8-7-9-11-24/h7-11,14-16,18,25-26H,6,12-13,17,19-21H2,1-5H3/b22-16+,23-14+/t25-,26+,28-/m1/s1. The van der Waals surface area contributed by atoms with Crippen LogP contribution in [0.4, 0.5) is 0 Å². The zero-order valence-electron chi connectivity index (χ0n) is 22.2. The molecular weight excluding hydrogens is 476 g/mol. The van der Waals surface area contributed by atoms with Gasteiger partial charge >= 0.3 is 5.97 Å². The predicted octanol–water partition coefficient (Wildman–Crippen LogP) is 5.66. The molecule has 36 heavy (non-hydrogen) atoms. The molecule has 0 bridgehead atoms. The Balaban J connectivity index is 1.74. The second kappa shape index (κ2) is 11.9. The molecule has 0 aromatic heterocycles. The molecule has 1 fully saturated rings. The van der Waals surface area contributed by atoms with Crippen molar-refractivity contribution in [2.75, 3.05) is 25.6 Å². The van der Waals surface area contributed by atoms with E-state index in [0.717, 1.165) is 18.4 Å². The molecule has 1 aliphatic carbocycles. The number of hydrogen-bond donors (Lipinski definition) is 0. The van der Waals surface area contributed by atoms with Crippen molar-refractivity contribution < 1.29 is 27.4 Å². The average Bonchev–Trinajstić information content (AvgIpc) is 3.45. The van der Waals surface area contributed by atoms with Crippen LogP contribution in [0.5, 0.6) is 0 Å². The first kappa shape index (κ1) is 28.4. The van der Waals surface area contributed by atoms with Crippen LogP contribution in [0.15, 0.2) is 70.7 Å². The lowest BCUT2D eigenvalue weighted by Crippen LogP contribution is -2.41. The van der Waals surface area contributed by atoms with Crippen molar-refractivity contribution in [1.29, 1.82) is 0 Å². The van der Waals surface area contributed by atoms with Crippen LogP contribution in [0.3, 0.4) is 0 Å². The van der Waals surface area contributed by atoms with E-state index in [1.54, 1.807) is 38.1 Å². The molecule has 0 radical (unpaired) electrons. The van der Waals surface area contributed by atoms with Crippen molar-refractivity contribution >= 4 is 15.8 Å². The third kappa shape index (κ3) is 6.75. The van der Waals surface area contributed by atoms with Gasteiger partial charge in [0.15, 0.2) is 15.6 Å². The normalized spacial score (nSPS) is 26.4. The maximum absolute atomic E-state index is 12.7. The molecule has 198 valence electrons. The van der Waals surface area contributed by atoms with E-state index in [1.165, 1.54) is 0 Å². The molecule has 0 unspecified atom stereocenters. The van der Waals surface area contributed by atoms with Gasteiger partial charge < -0.3 is 14.2 Å². The van der Waals surface area contributed by atoms with Gasteiger partial charge in [-0.15, -0.1) is 0 Å². The van der Waals surface area contributed by atoms with E-state index in [-0.39, 0.29) is 29.0 Å². The van der Waals surface area contributed by atoms with E-state index in [2.05, 4.69) is 19.1 Å². The number of hydrogen-bond acceptors (Lipinski definition) is 6. The van der Waals surface area contributed by atoms with Crippen molar-refractivity contribution in [3.63, 3.8) is 0 Å². The molecule has 1 aromatic rings. The van der Waals surface area contributed by atoms with Crippen molar-refractivity contribution in [3.8, 4) is 0 Å². The second-order valence-corrected chi connectivity index (χ2v) is 12.2. The topological polar surface area (TPSA) is 78.9 Å². The van der Waals surface area contributed by atoms with Crippen LogP contribution in [0, 0.1) is 17.3 Å². The van der Waals surface area contributed by atoms with Crippen molar-refractivity contribution in [2.45, 2.75) is 64.6 Å². The minimum atomic E-state index is -3.36. The molecule has 2 aliphatic rings. The van der Waals surface area contributed by atoms with E-state index in [9.17, 15) is 13.2 Å². The average molecular weight is 517 g/mol. The molecule has 1 saturated heterocycles. The molecule has 3 atom stereocenters. The smallest absolute Gasteiger partial charge is 0.333 e. The third-order valence-electron chi connectivity index (χ3n) is 7.48. The number of ether oxygens (including phenoxy) is 3. The van der Waals surface area contributed by atoms with Crippen LogP contribution in [0.1, 0.15) is 53.9 Å². The van der Waals surface area contributed by atoms with E-state index < -0.39 is 15.6 Å². The molecule has 0 N–H and O–H groups in total. The highest BCUT2D eigenvalue weighted by Gasteiger charge is 2.50. The first-order chi connectivity index (χ1) is 17.0. The van der Waals surface area contributed by atoms with Gasteiger partial charge in [-0.05, 0) is 70.4 Å². The molecule has 1 aromatic carbocycles. The van der Waals surface area contributed by atoms with Gasteiger partial charge in [-0.2, -0.15) is 0 Å². The zero-order valence-corrected chi connectivity index (χ0v) is 23.0. The summed E-state index contributed by atoms with van der Waals surface area (Å²) < 4.78 is 42.6. The summed E-state index contributed by atoms with van der Waals surface area (Å²) in [6.07, 6.45) is 10.5. The predicted molar refractivity (Wildman–Crippen MR) is 141 cm³/mol. The Labute approximate surface area is 216 Å². The minimum Gasteiger partial charge on any atom is -0.463 e. The number of sulfone groups is 1. The Kier molecular flexibility index (Phi) is 9.36. The lowest BCUT2D eigenvalue weighted by atomic mass is 9.69. The van der Waals surface area contributed by atoms with Crippen molar-refractivity contribution in [1.82, 2.24) is 0 Å². The van der Waals surface area contributed by atoms with Gasteiger partial charge in [0, 0.05) is 11.5 Å². The Morgan fingerprint density at radius 3 is 2.42 bits per heavy atom. The van der Waals surface area contributed by atoms with Crippen LogP contribution in [0.2, 0.25) is 0 Å².